The van der Waals surface area contributed by atoms with Crippen molar-refractivity contribution in [2.75, 3.05) is 27.2 Å². The lowest BCUT2D eigenvalue weighted by Gasteiger charge is -2.36. The Morgan fingerprint density at radius 2 is 2.14 bits per heavy atom. The van der Waals surface area contributed by atoms with Gasteiger partial charge in [0.2, 0.25) is 5.91 Å². The number of hydrogen-bond donors (Lipinski definition) is 0. The van der Waals surface area contributed by atoms with Gasteiger partial charge < -0.3 is 14.3 Å². The highest BCUT2D eigenvalue weighted by atomic mass is 16.5. The smallest absolute Gasteiger partial charge is 0.227 e. The molecule has 0 N–H and O–H groups in total. The summed E-state index contributed by atoms with van der Waals surface area (Å²) < 4.78 is 5.16. The number of hydrogen-bond acceptors (Lipinski definition) is 4. The molecular weight excluding hydrogens is 266 g/mol. The average molecular weight is 293 g/mol. The second-order valence-electron chi connectivity index (χ2n) is 6.31. The van der Waals surface area contributed by atoms with E-state index in [4.69, 9.17) is 4.52 Å². The fraction of sp³-hybridized carbons (Fsp3) is 0.750. The molecule has 1 aliphatic rings. The molecule has 0 radical (unpaired) electrons. The van der Waals surface area contributed by atoms with Gasteiger partial charge in [0.25, 0.3) is 0 Å². The summed E-state index contributed by atoms with van der Waals surface area (Å²) in [4.78, 5) is 16.9. The molecule has 5 heteroatoms. The monoisotopic (exact) mass is 293 g/mol. The summed E-state index contributed by atoms with van der Waals surface area (Å²) in [5, 5.41) is 3.94. The first-order valence-corrected chi connectivity index (χ1v) is 7.85. The SMILES string of the molecule is Cc1noc(C)c1CC(=O)N1CCCCC1CCN(C)C. The minimum Gasteiger partial charge on any atom is -0.361 e. The number of piperidine rings is 1. The number of carbonyl (C=O) groups excluding carboxylic acids is 1. The average Bonchev–Trinajstić information content (AvgIpc) is 2.77. The van der Waals surface area contributed by atoms with Crippen molar-refractivity contribution in [3.8, 4) is 0 Å². The van der Waals surface area contributed by atoms with E-state index in [1.54, 1.807) is 0 Å². The summed E-state index contributed by atoms with van der Waals surface area (Å²) >= 11 is 0. The first kappa shape index (κ1) is 16.0. The van der Waals surface area contributed by atoms with Gasteiger partial charge in [-0.1, -0.05) is 5.16 Å². The van der Waals surface area contributed by atoms with E-state index in [-0.39, 0.29) is 5.91 Å². The molecule has 2 heterocycles. The van der Waals surface area contributed by atoms with Crippen LogP contribution in [0.5, 0.6) is 0 Å². The Bertz CT molecular complexity index is 462. The van der Waals surface area contributed by atoms with Gasteiger partial charge in [-0.3, -0.25) is 4.79 Å². The highest BCUT2D eigenvalue weighted by molar-refractivity contribution is 5.79. The summed E-state index contributed by atoms with van der Waals surface area (Å²) in [7, 11) is 4.16. The highest BCUT2D eigenvalue weighted by Crippen LogP contribution is 2.22. The highest BCUT2D eigenvalue weighted by Gasteiger charge is 2.27. The molecule has 118 valence electrons. The van der Waals surface area contributed by atoms with Gasteiger partial charge in [0.15, 0.2) is 0 Å². The summed E-state index contributed by atoms with van der Waals surface area (Å²) in [6.07, 6.45) is 4.94. The van der Waals surface area contributed by atoms with Gasteiger partial charge in [0.1, 0.15) is 5.76 Å². The van der Waals surface area contributed by atoms with Crippen LogP contribution in [-0.2, 0) is 11.2 Å². The van der Waals surface area contributed by atoms with E-state index in [0.29, 0.717) is 12.5 Å². The maximum atomic E-state index is 12.7. The molecule has 0 aromatic carbocycles. The quantitative estimate of drug-likeness (QED) is 0.835. The maximum absolute atomic E-state index is 12.7. The van der Waals surface area contributed by atoms with E-state index >= 15 is 0 Å². The van der Waals surface area contributed by atoms with Crippen molar-refractivity contribution in [1.29, 1.82) is 0 Å². The molecule has 21 heavy (non-hydrogen) atoms. The van der Waals surface area contributed by atoms with Gasteiger partial charge in [0.05, 0.1) is 12.1 Å². The van der Waals surface area contributed by atoms with Gasteiger partial charge >= 0.3 is 0 Å². The molecule has 0 bridgehead atoms. The molecular formula is C16H27N3O2. The van der Waals surface area contributed by atoms with Crippen LogP contribution in [0, 0.1) is 13.8 Å². The lowest BCUT2D eigenvalue weighted by atomic mass is 9.98. The van der Waals surface area contributed by atoms with E-state index < -0.39 is 0 Å². The largest absolute Gasteiger partial charge is 0.361 e. The van der Waals surface area contributed by atoms with Gasteiger partial charge in [-0.25, -0.2) is 0 Å². The Labute approximate surface area is 127 Å². The molecule has 5 nitrogen and oxygen atoms in total. The molecule has 1 aromatic rings. The molecule has 0 saturated carbocycles. The van der Waals surface area contributed by atoms with E-state index in [1.807, 2.05) is 13.8 Å². The van der Waals surface area contributed by atoms with Crippen LogP contribution in [0.1, 0.15) is 42.7 Å². The van der Waals surface area contributed by atoms with Crippen molar-refractivity contribution in [3.63, 3.8) is 0 Å². The predicted octanol–water partition coefficient (Wildman–Crippen LogP) is 2.17. The Morgan fingerprint density at radius 1 is 1.38 bits per heavy atom. The molecule has 1 saturated heterocycles. The molecule has 1 amide bonds. The predicted molar refractivity (Wildman–Crippen MR) is 82.2 cm³/mol. The molecule has 2 rings (SSSR count). The second kappa shape index (κ2) is 7.07. The van der Waals surface area contributed by atoms with Gasteiger partial charge in [-0.05, 0) is 60.2 Å². The number of aryl methyl sites for hydroxylation is 2. The summed E-state index contributed by atoms with van der Waals surface area (Å²) in [6.45, 7) is 5.70. The number of rotatable bonds is 5. The first-order chi connectivity index (χ1) is 9.99. The number of carbonyl (C=O) groups is 1. The zero-order valence-electron chi connectivity index (χ0n) is 13.7. The van der Waals surface area contributed by atoms with Crippen molar-refractivity contribution < 1.29 is 9.32 Å². The van der Waals surface area contributed by atoms with Crippen LogP contribution in [0.15, 0.2) is 4.52 Å². The third kappa shape index (κ3) is 4.06. The molecule has 0 spiro atoms. The number of aromatic nitrogens is 1. The summed E-state index contributed by atoms with van der Waals surface area (Å²) in [5.74, 6) is 0.982. The zero-order valence-corrected chi connectivity index (χ0v) is 13.7. The van der Waals surface area contributed by atoms with Gasteiger partial charge in [-0.15, -0.1) is 0 Å². The minimum atomic E-state index is 0.216. The number of amides is 1. The van der Waals surface area contributed by atoms with Crippen molar-refractivity contribution in [2.24, 2.45) is 0 Å². The van der Waals surface area contributed by atoms with Crippen molar-refractivity contribution in [1.82, 2.24) is 15.0 Å². The molecule has 1 atom stereocenters. The number of likely N-dealkylation sites (tertiary alicyclic amines) is 1. The van der Waals surface area contributed by atoms with Crippen molar-refractivity contribution in [2.45, 2.75) is 52.0 Å². The van der Waals surface area contributed by atoms with Crippen molar-refractivity contribution >= 4 is 5.91 Å². The van der Waals surface area contributed by atoms with Crippen LogP contribution in [-0.4, -0.2) is 54.1 Å². The maximum Gasteiger partial charge on any atom is 0.227 e. The molecule has 1 unspecified atom stereocenters. The lowest BCUT2D eigenvalue weighted by Crippen LogP contribution is -2.45. The Kier molecular flexibility index (Phi) is 5.39. The van der Waals surface area contributed by atoms with Crippen LogP contribution < -0.4 is 0 Å². The Balaban J connectivity index is 2.01. The second-order valence-corrected chi connectivity index (χ2v) is 6.31. The molecule has 1 fully saturated rings. The summed E-state index contributed by atoms with van der Waals surface area (Å²) in [5.41, 5.74) is 1.79. The van der Waals surface area contributed by atoms with Crippen LogP contribution in [0.3, 0.4) is 0 Å². The fourth-order valence-corrected chi connectivity index (χ4v) is 3.04. The fourth-order valence-electron chi connectivity index (χ4n) is 3.04. The standard InChI is InChI=1S/C16H27N3O2/c1-12-15(13(2)21-17-12)11-16(20)19-9-6-5-7-14(19)8-10-18(3)4/h14H,5-11H2,1-4H3. The van der Waals surface area contributed by atoms with Gasteiger partial charge in [-0.2, -0.15) is 0 Å². The normalized spacial score (nSPS) is 19.3. The first-order valence-electron chi connectivity index (χ1n) is 7.85. The molecule has 0 aliphatic carbocycles. The minimum absolute atomic E-state index is 0.216. The van der Waals surface area contributed by atoms with Crippen molar-refractivity contribution in [3.05, 3.63) is 17.0 Å². The van der Waals surface area contributed by atoms with E-state index in [2.05, 4.69) is 29.1 Å². The van der Waals surface area contributed by atoms with E-state index in [1.165, 1.54) is 6.42 Å². The molecule has 1 aromatic heterocycles. The lowest BCUT2D eigenvalue weighted by molar-refractivity contribution is -0.134. The summed E-state index contributed by atoms with van der Waals surface area (Å²) in [6, 6.07) is 0.383. The zero-order chi connectivity index (χ0) is 15.4. The third-order valence-corrected chi connectivity index (χ3v) is 4.37. The topological polar surface area (TPSA) is 49.6 Å². The Hall–Kier alpha value is -1.36. The number of nitrogens with zero attached hydrogens (tertiary/aromatic N) is 3. The van der Waals surface area contributed by atoms with Crippen LogP contribution in [0.25, 0.3) is 0 Å². The van der Waals surface area contributed by atoms with E-state index in [0.717, 1.165) is 49.4 Å². The van der Waals surface area contributed by atoms with Crippen LogP contribution >= 0.6 is 0 Å². The Morgan fingerprint density at radius 3 is 2.76 bits per heavy atom. The van der Waals surface area contributed by atoms with E-state index in [9.17, 15) is 4.79 Å². The molecule has 1 aliphatic heterocycles. The third-order valence-electron chi connectivity index (χ3n) is 4.37. The van der Waals surface area contributed by atoms with Gasteiger partial charge in [0, 0.05) is 18.2 Å². The van der Waals surface area contributed by atoms with Crippen LogP contribution in [0.2, 0.25) is 0 Å². The van der Waals surface area contributed by atoms with Crippen LogP contribution in [0.4, 0.5) is 0 Å².